The van der Waals surface area contributed by atoms with Gasteiger partial charge in [-0.05, 0) is 162 Å². The minimum Gasteiger partial charge on any atom is -0.310 e. The van der Waals surface area contributed by atoms with E-state index >= 15 is 0 Å². The average molecular weight is 919 g/mol. The first-order valence-electron chi connectivity index (χ1n) is 23.6. The number of nitrogens with zero attached hydrogens (tertiary/aromatic N) is 2. The second-order valence-electron chi connectivity index (χ2n) is 19.5. The molecule has 2 aliphatic rings. The van der Waals surface area contributed by atoms with Crippen molar-refractivity contribution in [3.05, 3.63) is 252 Å². The highest BCUT2D eigenvalue weighted by molar-refractivity contribution is 6.17. The Morgan fingerprint density at radius 2 is 0.614 bits per heavy atom. The van der Waals surface area contributed by atoms with E-state index in [4.69, 9.17) is 0 Å². The van der Waals surface area contributed by atoms with Gasteiger partial charge in [0, 0.05) is 45.7 Å². The third kappa shape index (κ3) is 6.84. The van der Waals surface area contributed by atoms with E-state index in [1.807, 2.05) is 82.6 Å². The van der Waals surface area contributed by atoms with E-state index in [2.05, 4.69) is 125 Å². The monoisotopic (exact) mass is 918 g/mol. The quantitative estimate of drug-likeness (QED) is 0.140. The van der Waals surface area contributed by atoms with Gasteiger partial charge in [0.05, 0.1) is 11.4 Å². The normalized spacial score (nSPS) is 13.7. The summed E-state index contributed by atoms with van der Waals surface area (Å²) in [6.07, 6.45) is 0. The lowest BCUT2D eigenvalue weighted by atomic mass is 9.76. The number of fused-ring (bicyclic) bond motifs is 7. The van der Waals surface area contributed by atoms with Crippen molar-refractivity contribution in [1.82, 2.24) is 0 Å². The van der Waals surface area contributed by atoms with E-state index in [9.17, 15) is 17.6 Å². The van der Waals surface area contributed by atoms with E-state index in [1.54, 1.807) is 0 Å². The van der Waals surface area contributed by atoms with Gasteiger partial charge in [-0.15, -0.1) is 0 Å². The van der Waals surface area contributed by atoms with Crippen molar-refractivity contribution in [3.8, 4) is 44.5 Å². The predicted molar refractivity (Wildman–Crippen MR) is 279 cm³/mol. The van der Waals surface area contributed by atoms with Gasteiger partial charge < -0.3 is 9.80 Å². The largest absolute Gasteiger partial charge is 0.310 e. The Kier molecular flexibility index (Phi) is 9.97. The molecule has 0 heterocycles. The first-order valence-corrected chi connectivity index (χ1v) is 23.6. The van der Waals surface area contributed by atoms with Crippen LogP contribution in [0.3, 0.4) is 0 Å². The van der Waals surface area contributed by atoms with Crippen LogP contribution in [0.15, 0.2) is 206 Å². The Morgan fingerprint density at radius 3 is 0.957 bits per heavy atom. The van der Waals surface area contributed by atoms with Gasteiger partial charge in [0.15, 0.2) is 0 Å². The summed E-state index contributed by atoms with van der Waals surface area (Å²) in [6.45, 7) is 9.09. The number of para-hydroxylation sites is 2. The molecule has 2 aliphatic carbocycles. The molecule has 0 atom stereocenters. The summed E-state index contributed by atoms with van der Waals surface area (Å²) >= 11 is 0. The number of anilines is 6. The zero-order valence-electron chi connectivity index (χ0n) is 39.0. The topological polar surface area (TPSA) is 6.48 Å². The molecule has 340 valence electrons. The molecule has 0 amide bonds. The second kappa shape index (κ2) is 16.2. The fourth-order valence-corrected chi connectivity index (χ4v) is 11.4. The molecular weight excluding hydrogens is 873 g/mol. The molecule has 0 fully saturated rings. The van der Waals surface area contributed by atoms with Gasteiger partial charge in [-0.1, -0.05) is 137 Å². The molecule has 0 bridgehead atoms. The second-order valence-corrected chi connectivity index (χ2v) is 19.5. The molecule has 0 spiro atoms. The number of rotatable bonds is 8. The number of hydrogen-bond donors (Lipinski definition) is 0. The van der Waals surface area contributed by atoms with Crippen LogP contribution < -0.4 is 9.80 Å². The molecule has 12 rings (SSSR count). The van der Waals surface area contributed by atoms with Gasteiger partial charge in [-0.2, -0.15) is 0 Å². The van der Waals surface area contributed by atoms with Crippen molar-refractivity contribution >= 4 is 44.9 Å². The molecule has 0 unspecified atom stereocenters. The van der Waals surface area contributed by atoms with E-state index in [0.717, 1.165) is 101 Å². The summed E-state index contributed by atoms with van der Waals surface area (Å²) in [5.74, 6) is -2.59. The van der Waals surface area contributed by atoms with E-state index < -0.39 is 34.1 Å². The maximum Gasteiger partial charge on any atom is 0.128 e. The van der Waals surface area contributed by atoms with Gasteiger partial charge in [0.1, 0.15) is 23.3 Å². The fourth-order valence-electron chi connectivity index (χ4n) is 11.4. The highest BCUT2D eigenvalue weighted by Gasteiger charge is 2.42. The minimum absolute atomic E-state index is 0.389. The molecule has 70 heavy (non-hydrogen) atoms. The Balaban J connectivity index is 1.11. The van der Waals surface area contributed by atoms with Crippen LogP contribution in [0.4, 0.5) is 51.7 Å². The lowest BCUT2D eigenvalue weighted by Crippen LogP contribution is -2.17. The van der Waals surface area contributed by atoms with Crippen molar-refractivity contribution in [2.45, 2.75) is 38.5 Å². The average Bonchev–Trinajstić information content (AvgIpc) is 3.71. The third-order valence-electron chi connectivity index (χ3n) is 14.6. The van der Waals surface area contributed by atoms with Crippen molar-refractivity contribution in [1.29, 1.82) is 0 Å². The van der Waals surface area contributed by atoms with Crippen LogP contribution in [0.25, 0.3) is 55.3 Å². The summed E-state index contributed by atoms with van der Waals surface area (Å²) in [7, 11) is 0. The zero-order chi connectivity index (χ0) is 48.1. The smallest absolute Gasteiger partial charge is 0.128 e. The molecule has 0 radical (unpaired) electrons. The van der Waals surface area contributed by atoms with Crippen molar-refractivity contribution in [2.24, 2.45) is 0 Å². The van der Waals surface area contributed by atoms with E-state index in [-0.39, 0.29) is 0 Å². The Bertz CT molecular complexity index is 3410. The van der Waals surface area contributed by atoms with Gasteiger partial charge in [0.2, 0.25) is 0 Å². The molecule has 0 N–H and O–H groups in total. The third-order valence-corrected chi connectivity index (χ3v) is 14.6. The van der Waals surface area contributed by atoms with Crippen LogP contribution in [-0.2, 0) is 10.8 Å². The fraction of sp³-hybridized carbons (Fsp3) is 0.0938. The lowest BCUT2D eigenvalue weighted by molar-refractivity contribution is 0.583. The molecule has 6 heteroatoms. The first kappa shape index (κ1) is 43.1. The summed E-state index contributed by atoms with van der Waals surface area (Å²) in [5.41, 5.74) is 16.5. The number of halogens is 4. The molecule has 2 nitrogen and oxygen atoms in total. The van der Waals surface area contributed by atoms with Crippen molar-refractivity contribution in [3.63, 3.8) is 0 Å². The molecule has 0 saturated carbocycles. The van der Waals surface area contributed by atoms with Gasteiger partial charge in [-0.25, -0.2) is 17.6 Å². The summed E-state index contributed by atoms with van der Waals surface area (Å²) in [4.78, 5) is 3.83. The lowest BCUT2D eigenvalue weighted by Gasteiger charge is -2.28. The van der Waals surface area contributed by atoms with Crippen molar-refractivity contribution < 1.29 is 17.6 Å². The number of benzene rings is 10. The number of hydrogen-bond acceptors (Lipinski definition) is 2. The Labute approximate surface area is 405 Å². The maximum absolute atomic E-state index is 15.0. The first-order chi connectivity index (χ1) is 33.9. The standard InChI is InChI=1S/C64H46F4N2/c1-63(2)55-35-47(69(45-21-13-7-14-22-45)49-31-41(65)29-42(66)32-49)25-27-51(55)61-57(63)37-53-54(59(61)39-17-9-5-10-18-39)38-58-62(60(53)40-19-11-6-12-20-40)52-28-26-48(36-56(52)64(58,3)4)70(46-23-15-8-16-24-46)50-33-43(67)30-44(68)34-50/h5-38H,1-4H3. The van der Waals surface area contributed by atoms with Crippen LogP contribution >= 0.6 is 0 Å². The highest BCUT2D eigenvalue weighted by Crippen LogP contribution is 2.60. The van der Waals surface area contributed by atoms with Crippen LogP contribution in [0, 0.1) is 23.3 Å². The Morgan fingerprint density at radius 1 is 0.286 bits per heavy atom. The summed E-state index contributed by atoms with van der Waals surface area (Å²) < 4.78 is 59.9. The van der Waals surface area contributed by atoms with Gasteiger partial charge in [-0.3, -0.25) is 0 Å². The summed E-state index contributed by atoms with van der Waals surface area (Å²) in [6, 6.07) is 65.6. The highest BCUT2D eigenvalue weighted by atomic mass is 19.1. The molecular formula is C64H46F4N2. The van der Waals surface area contributed by atoms with Crippen molar-refractivity contribution in [2.75, 3.05) is 9.80 Å². The maximum atomic E-state index is 15.0. The molecule has 10 aromatic rings. The minimum atomic E-state index is -0.647. The molecule has 0 saturated heterocycles. The predicted octanol–water partition coefficient (Wildman–Crippen LogP) is 18.3. The van der Waals surface area contributed by atoms with E-state index in [1.165, 1.54) is 35.4 Å². The van der Waals surface area contributed by atoms with E-state index in [0.29, 0.717) is 11.4 Å². The Hall–Kier alpha value is -8.22. The van der Waals surface area contributed by atoms with Crippen LogP contribution in [-0.4, -0.2) is 0 Å². The SMILES string of the molecule is CC1(C)c2cc(N(c3ccccc3)c3cc(F)cc(F)c3)ccc2-c2c1cc1c(-c3ccccc3)c3c(cc1c2-c1ccccc1)C(C)(C)c1cc(N(c2ccccc2)c2cc(F)cc(F)c2)ccc1-3. The van der Waals surface area contributed by atoms with Crippen LogP contribution in [0.5, 0.6) is 0 Å². The van der Waals surface area contributed by atoms with Crippen LogP contribution in [0.2, 0.25) is 0 Å². The summed E-state index contributed by atoms with van der Waals surface area (Å²) in [5, 5.41) is 2.25. The zero-order valence-corrected chi connectivity index (χ0v) is 39.0. The molecule has 0 aromatic heterocycles. The molecule has 0 aliphatic heterocycles. The van der Waals surface area contributed by atoms with Gasteiger partial charge >= 0.3 is 0 Å². The van der Waals surface area contributed by atoms with Crippen LogP contribution in [0.1, 0.15) is 49.9 Å². The van der Waals surface area contributed by atoms with Gasteiger partial charge in [0.25, 0.3) is 0 Å². The molecule has 10 aromatic carbocycles.